The number of para-hydroxylation sites is 1. The normalized spacial score (nSPS) is 11.6. The van der Waals surface area contributed by atoms with Gasteiger partial charge in [-0.15, -0.1) is 0 Å². The van der Waals surface area contributed by atoms with Crippen LogP contribution < -0.4 is 0 Å². The van der Waals surface area contributed by atoms with Crippen molar-refractivity contribution in [3.05, 3.63) is 35.5 Å². The number of aromatic nitrogens is 1. The Bertz CT molecular complexity index is 497. The van der Waals surface area contributed by atoms with E-state index in [1.807, 2.05) is 29.7 Å². The molecule has 0 aliphatic rings. The van der Waals surface area contributed by atoms with Crippen LogP contribution in [0.2, 0.25) is 0 Å². The Labute approximate surface area is 82.3 Å². The van der Waals surface area contributed by atoms with Crippen molar-refractivity contribution in [3.63, 3.8) is 0 Å². The van der Waals surface area contributed by atoms with Gasteiger partial charge in [0.2, 0.25) is 0 Å². The second-order valence-electron chi connectivity index (χ2n) is 3.33. The molecule has 1 aromatic carbocycles. The highest BCUT2D eigenvalue weighted by Crippen LogP contribution is 2.23. The van der Waals surface area contributed by atoms with Gasteiger partial charge in [0.25, 0.3) is 0 Å². The summed E-state index contributed by atoms with van der Waals surface area (Å²) in [5.41, 5.74) is 3.39. The molecule has 0 saturated heterocycles. The highest BCUT2D eigenvalue weighted by molar-refractivity contribution is 5.90. The fourth-order valence-corrected chi connectivity index (χ4v) is 1.76. The van der Waals surface area contributed by atoms with Gasteiger partial charge in [-0.05, 0) is 25.5 Å². The van der Waals surface area contributed by atoms with Gasteiger partial charge in [-0.25, -0.2) is 0 Å². The molecule has 0 radical (unpaired) electrons. The molecule has 0 aliphatic carbocycles. The third-order valence-corrected chi connectivity index (χ3v) is 2.64. The number of hydrogen-bond acceptors (Lipinski definition) is 2. The van der Waals surface area contributed by atoms with E-state index in [4.69, 9.17) is 5.21 Å². The van der Waals surface area contributed by atoms with Gasteiger partial charge in [-0.3, -0.25) is 0 Å². The number of hydrogen-bond donors (Lipinski definition) is 1. The van der Waals surface area contributed by atoms with E-state index in [1.165, 1.54) is 17.3 Å². The fraction of sp³-hybridized carbons (Fsp3) is 0.182. The zero-order valence-electron chi connectivity index (χ0n) is 8.23. The van der Waals surface area contributed by atoms with Crippen LogP contribution in [0.3, 0.4) is 0 Å². The topological polar surface area (TPSA) is 37.5 Å². The lowest BCUT2D eigenvalue weighted by Crippen LogP contribution is -1.97. The zero-order chi connectivity index (χ0) is 10.1. The van der Waals surface area contributed by atoms with Gasteiger partial charge < -0.3 is 9.77 Å². The van der Waals surface area contributed by atoms with E-state index in [-0.39, 0.29) is 0 Å². The first kappa shape index (κ1) is 8.81. The number of benzene rings is 1. The molecule has 0 atom stereocenters. The summed E-state index contributed by atoms with van der Waals surface area (Å²) in [6, 6.07) is 8.06. The maximum absolute atomic E-state index is 8.56. The smallest absolute Gasteiger partial charge is 0.139 e. The second kappa shape index (κ2) is 3.18. The summed E-state index contributed by atoms with van der Waals surface area (Å²) < 4.78 is 1.88. The highest BCUT2D eigenvalue weighted by atomic mass is 16.4. The van der Waals surface area contributed by atoms with Gasteiger partial charge in [0.15, 0.2) is 0 Å². The van der Waals surface area contributed by atoms with Crippen LogP contribution in [0.1, 0.15) is 11.3 Å². The van der Waals surface area contributed by atoms with Crippen molar-refractivity contribution in [2.75, 3.05) is 0 Å². The molecule has 1 aromatic heterocycles. The molecule has 3 heteroatoms. The van der Waals surface area contributed by atoms with Crippen LogP contribution in [-0.4, -0.2) is 16.1 Å². The molecule has 0 bridgehead atoms. The van der Waals surface area contributed by atoms with Crippen LogP contribution >= 0.6 is 0 Å². The molecule has 2 aromatic rings. The van der Waals surface area contributed by atoms with Gasteiger partial charge >= 0.3 is 0 Å². The van der Waals surface area contributed by atoms with Crippen LogP contribution in [0.25, 0.3) is 10.9 Å². The van der Waals surface area contributed by atoms with Crippen LogP contribution in [0, 0.1) is 13.8 Å². The Hall–Kier alpha value is -1.77. The van der Waals surface area contributed by atoms with Crippen molar-refractivity contribution in [2.24, 2.45) is 5.16 Å². The Morgan fingerprint density at radius 3 is 2.71 bits per heavy atom. The van der Waals surface area contributed by atoms with Crippen molar-refractivity contribution in [2.45, 2.75) is 13.8 Å². The summed E-state index contributed by atoms with van der Waals surface area (Å²) in [6.45, 7) is 4.08. The van der Waals surface area contributed by atoms with Gasteiger partial charge in [0.1, 0.15) is 6.34 Å². The van der Waals surface area contributed by atoms with Crippen molar-refractivity contribution in [3.8, 4) is 0 Å². The zero-order valence-corrected chi connectivity index (χ0v) is 8.23. The SMILES string of the molecule is Cc1c(C)n(C=NO)c2ccccc12. The molecule has 2 rings (SSSR count). The minimum Gasteiger partial charge on any atom is -0.410 e. The van der Waals surface area contributed by atoms with E-state index in [2.05, 4.69) is 18.1 Å². The molecular weight excluding hydrogens is 176 g/mol. The van der Waals surface area contributed by atoms with Crippen molar-refractivity contribution >= 4 is 17.2 Å². The minimum atomic E-state index is 1.07. The van der Waals surface area contributed by atoms with E-state index < -0.39 is 0 Å². The first-order chi connectivity index (χ1) is 6.75. The molecule has 72 valence electrons. The summed E-state index contributed by atoms with van der Waals surface area (Å²) in [5, 5.41) is 12.8. The summed E-state index contributed by atoms with van der Waals surface area (Å²) in [6.07, 6.45) is 1.42. The quantitative estimate of drug-likeness (QED) is 0.317. The van der Waals surface area contributed by atoms with Crippen LogP contribution in [0.4, 0.5) is 0 Å². The average Bonchev–Trinajstić information content (AvgIpc) is 2.45. The monoisotopic (exact) mass is 188 g/mol. The first-order valence-electron chi connectivity index (χ1n) is 4.49. The lowest BCUT2D eigenvalue weighted by Gasteiger charge is -1.97. The Morgan fingerprint density at radius 2 is 2.00 bits per heavy atom. The molecule has 0 spiro atoms. The molecule has 3 nitrogen and oxygen atoms in total. The van der Waals surface area contributed by atoms with Gasteiger partial charge in [-0.1, -0.05) is 23.4 Å². The summed E-state index contributed by atoms with van der Waals surface area (Å²) in [4.78, 5) is 0. The average molecular weight is 188 g/mol. The largest absolute Gasteiger partial charge is 0.410 e. The molecule has 0 fully saturated rings. The van der Waals surface area contributed by atoms with Gasteiger partial charge in [0, 0.05) is 11.1 Å². The number of nitrogens with zero attached hydrogens (tertiary/aromatic N) is 2. The predicted molar refractivity (Wildman–Crippen MR) is 57.1 cm³/mol. The van der Waals surface area contributed by atoms with E-state index in [0.29, 0.717) is 0 Å². The molecule has 0 unspecified atom stereocenters. The summed E-state index contributed by atoms with van der Waals surface area (Å²) in [5.74, 6) is 0. The molecular formula is C11H12N2O. The maximum atomic E-state index is 8.56. The number of fused-ring (bicyclic) bond motifs is 1. The number of oxime groups is 1. The van der Waals surface area contributed by atoms with Crippen molar-refractivity contribution < 1.29 is 5.21 Å². The molecule has 1 N–H and O–H groups in total. The Balaban J connectivity index is 2.87. The Kier molecular flexibility index (Phi) is 2.00. The summed E-state index contributed by atoms with van der Waals surface area (Å²) >= 11 is 0. The third-order valence-electron chi connectivity index (χ3n) is 2.64. The van der Waals surface area contributed by atoms with E-state index in [9.17, 15) is 0 Å². The molecule has 14 heavy (non-hydrogen) atoms. The second-order valence-corrected chi connectivity index (χ2v) is 3.33. The van der Waals surface area contributed by atoms with E-state index >= 15 is 0 Å². The van der Waals surface area contributed by atoms with Crippen LogP contribution in [0.5, 0.6) is 0 Å². The van der Waals surface area contributed by atoms with Crippen LogP contribution in [0.15, 0.2) is 29.4 Å². The first-order valence-corrected chi connectivity index (χ1v) is 4.49. The van der Waals surface area contributed by atoms with Crippen molar-refractivity contribution in [1.29, 1.82) is 0 Å². The standard InChI is InChI=1S/C11H12N2O/c1-8-9(2)13(7-12-14)11-6-4-3-5-10(8)11/h3-7,14H,1-2H3. The molecule has 1 heterocycles. The minimum absolute atomic E-state index is 1.07. The van der Waals surface area contributed by atoms with E-state index in [1.54, 1.807) is 0 Å². The van der Waals surface area contributed by atoms with Gasteiger partial charge in [0.05, 0.1) is 5.52 Å². The van der Waals surface area contributed by atoms with Crippen LogP contribution in [-0.2, 0) is 0 Å². The van der Waals surface area contributed by atoms with E-state index in [0.717, 1.165) is 11.2 Å². The third kappa shape index (κ3) is 1.09. The maximum Gasteiger partial charge on any atom is 0.139 e. The number of rotatable bonds is 1. The van der Waals surface area contributed by atoms with Crippen molar-refractivity contribution in [1.82, 2.24) is 4.57 Å². The highest BCUT2D eigenvalue weighted by Gasteiger charge is 2.07. The lowest BCUT2D eigenvalue weighted by molar-refractivity contribution is 0.320. The fourth-order valence-electron chi connectivity index (χ4n) is 1.76. The number of aryl methyl sites for hydroxylation is 1. The summed E-state index contributed by atoms with van der Waals surface area (Å²) in [7, 11) is 0. The lowest BCUT2D eigenvalue weighted by atomic mass is 10.2. The van der Waals surface area contributed by atoms with Gasteiger partial charge in [-0.2, -0.15) is 0 Å². The Morgan fingerprint density at radius 1 is 1.29 bits per heavy atom. The predicted octanol–water partition coefficient (Wildman–Crippen LogP) is 2.52. The molecule has 0 aliphatic heterocycles. The molecule has 0 amide bonds. The molecule has 0 saturated carbocycles.